The van der Waals surface area contributed by atoms with Crippen LogP contribution in [0.4, 0.5) is 5.69 Å². The molecule has 1 aromatic rings. The van der Waals surface area contributed by atoms with Crippen molar-refractivity contribution in [3.05, 3.63) is 23.8 Å². The number of ether oxygens (including phenoxy) is 1. The lowest BCUT2D eigenvalue weighted by atomic mass is 10.2. The summed E-state index contributed by atoms with van der Waals surface area (Å²) in [6, 6.07) is 5.00. The SMILES string of the molecule is CCCNS(=O)(=O)c1cc(C(=O)NCCN2CCOCC2)ccc1N1CCCC1. The molecule has 2 saturated heterocycles. The molecule has 0 saturated carbocycles. The van der Waals surface area contributed by atoms with E-state index in [1.807, 2.05) is 6.92 Å². The van der Waals surface area contributed by atoms with Gasteiger partial charge in [-0.1, -0.05) is 6.92 Å². The van der Waals surface area contributed by atoms with Crippen LogP contribution in [0.25, 0.3) is 0 Å². The molecular formula is C20H32N4O4S. The Bertz CT molecular complexity index is 788. The zero-order valence-corrected chi connectivity index (χ0v) is 18.0. The molecule has 0 unspecified atom stereocenters. The zero-order valence-electron chi connectivity index (χ0n) is 17.2. The van der Waals surface area contributed by atoms with Crippen LogP contribution in [0.3, 0.4) is 0 Å². The maximum Gasteiger partial charge on any atom is 0.251 e. The van der Waals surface area contributed by atoms with Crippen molar-refractivity contribution >= 4 is 21.6 Å². The highest BCUT2D eigenvalue weighted by Gasteiger charge is 2.25. The average Bonchev–Trinajstić information content (AvgIpc) is 3.27. The van der Waals surface area contributed by atoms with Gasteiger partial charge in [-0.25, -0.2) is 13.1 Å². The molecule has 2 N–H and O–H groups in total. The molecule has 1 aromatic carbocycles. The Morgan fingerprint density at radius 1 is 1.10 bits per heavy atom. The highest BCUT2D eigenvalue weighted by atomic mass is 32.2. The molecule has 29 heavy (non-hydrogen) atoms. The Balaban J connectivity index is 1.72. The lowest BCUT2D eigenvalue weighted by Gasteiger charge is -2.26. The summed E-state index contributed by atoms with van der Waals surface area (Å²) in [6.45, 7) is 8.41. The number of sulfonamides is 1. The summed E-state index contributed by atoms with van der Waals surface area (Å²) >= 11 is 0. The molecule has 3 rings (SSSR count). The number of benzene rings is 1. The molecule has 2 aliphatic heterocycles. The van der Waals surface area contributed by atoms with E-state index in [1.165, 1.54) is 6.07 Å². The van der Waals surface area contributed by atoms with Crippen molar-refractivity contribution in [2.24, 2.45) is 0 Å². The number of carbonyl (C=O) groups excluding carboxylic acids is 1. The summed E-state index contributed by atoms with van der Waals surface area (Å²) in [5, 5.41) is 2.91. The summed E-state index contributed by atoms with van der Waals surface area (Å²) in [4.78, 5) is 17.1. The molecule has 2 fully saturated rings. The highest BCUT2D eigenvalue weighted by Crippen LogP contribution is 2.29. The summed E-state index contributed by atoms with van der Waals surface area (Å²) in [6.07, 6.45) is 2.80. The van der Waals surface area contributed by atoms with Gasteiger partial charge in [-0.05, 0) is 37.5 Å². The van der Waals surface area contributed by atoms with E-state index in [1.54, 1.807) is 12.1 Å². The zero-order chi connectivity index (χ0) is 20.7. The average molecular weight is 425 g/mol. The molecule has 0 aliphatic carbocycles. The number of anilines is 1. The van der Waals surface area contributed by atoms with Crippen LogP contribution in [0.5, 0.6) is 0 Å². The molecule has 1 amide bonds. The van der Waals surface area contributed by atoms with Gasteiger partial charge in [0, 0.05) is 51.4 Å². The Morgan fingerprint density at radius 3 is 2.52 bits per heavy atom. The quantitative estimate of drug-likeness (QED) is 0.616. The minimum absolute atomic E-state index is 0.189. The van der Waals surface area contributed by atoms with Gasteiger partial charge >= 0.3 is 0 Å². The highest BCUT2D eigenvalue weighted by molar-refractivity contribution is 7.89. The number of nitrogens with zero attached hydrogens (tertiary/aromatic N) is 2. The fraction of sp³-hybridized carbons (Fsp3) is 0.650. The number of hydrogen-bond acceptors (Lipinski definition) is 6. The van der Waals surface area contributed by atoms with Crippen molar-refractivity contribution in [1.29, 1.82) is 0 Å². The van der Waals surface area contributed by atoms with E-state index >= 15 is 0 Å². The number of nitrogens with one attached hydrogen (secondary N) is 2. The maximum atomic E-state index is 12.9. The van der Waals surface area contributed by atoms with Crippen LogP contribution in [0, 0.1) is 0 Å². The maximum absolute atomic E-state index is 12.9. The van der Waals surface area contributed by atoms with Crippen LogP contribution < -0.4 is 14.9 Å². The third-order valence-electron chi connectivity index (χ3n) is 5.32. The second-order valence-electron chi connectivity index (χ2n) is 7.48. The van der Waals surface area contributed by atoms with Crippen LogP contribution in [-0.4, -0.2) is 78.3 Å². The smallest absolute Gasteiger partial charge is 0.251 e. The van der Waals surface area contributed by atoms with E-state index in [0.717, 1.165) is 58.8 Å². The first-order valence-electron chi connectivity index (χ1n) is 10.5. The Hall–Kier alpha value is -1.68. The molecule has 2 heterocycles. The van der Waals surface area contributed by atoms with E-state index in [2.05, 4.69) is 19.8 Å². The topological polar surface area (TPSA) is 91.0 Å². The number of hydrogen-bond donors (Lipinski definition) is 2. The Kier molecular flexibility index (Phi) is 7.88. The third-order valence-corrected chi connectivity index (χ3v) is 6.81. The minimum Gasteiger partial charge on any atom is -0.379 e. The second-order valence-corrected chi connectivity index (χ2v) is 9.22. The Morgan fingerprint density at radius 2 is 1.83 bits per heavy atom. The van der Waals surface area contributed by atoms with Crippen molar-refractivity contribution in [2.45, 2.75) is 31.1 Å². The monoisotopic (exact) mass is 424 g/mol. The van der Waals surface area contributed by atoms with Crippen molar-refractivity contribution in [1.82, 2.24) is 14.9 Å². The first-order chi connectivity index (χ1) is 14.0. The molecular weight excluding hydrogens is 392 g/mol. The first-order valence-corrected chi connectivity index (χ1v) is 12.0. The van der Waals surface area contributed by atoms with Gasteiger partial charge in [-0.2, -0.15) is 0 Å². The minimum atomic E-state index is -3.68. The lowest BCUT2D eigenvalue weighted by Crippen LogP contribution is -2.41. The van der Waals surface area contributed by atoms with Crippen molar-refractivity contribution < 1.29 is 17.9 Å². The standard InChI is InChI=1S/C20H32N4O4S/c1-2-7-22-29(26,27)19-16-17(5-6-18(19)24-9-3-4-10-24)20(25)21-8-11-23-12-14-28-15-13-23/h5-6,16,22H,2-4,7-15H2,1H3,(H,21,25). The number of amides is 1. The molecule has 162 valence electrons. The molecule has 2 aliphatic rings. The van der Waals surface area contributed by atoms with Gasteiger partial charge in [0.05, 0.1) is 18.9 Å². The normalized spacial score (nSPS) is 18.2. The molecule has 0 spiro atoms. The number of carbonyl (C=O) groups is 1. The first kappa shape index (κ1) is 22.0. The molecule has 0 atom stereocenters. The van der Waals surface area contributed by atoms with Gasteiger partial charge in [0.25, 0.3) is 5.91 Å². The van der Waals surface area contributed by atoms with Crippen LogP contribution in [0.15, 0.2) is 23.1 Å². The lowest BCUT2D eigenvalue weighted by molar-refractivity contribution is 0.0383. The van der Waals surface area contributed by atoms with E-state index < -0.39 is 10.0 Å². The van der Waals surface area contributed by atoms with Gasteiger partial charge in [-0.15, -0.1) is 0 Å². The fourth-order valence-corrected chi connectivity index (χ4v) is 5.04. The molecule has 8 nitrogen and oxygen atoms in total. The van der Waals surface area contributed by atoms with Gasteiger partial charge in [0.2, 0.25) is 10.0 Å². The van der Waals surface area contributed by atoms with E-state index in [9.17, 15) is 13.2 Å². The van der Waals surface area contributed by atoms with Crippen molar-refractivity contribution in [2.75, 3.05) is 63.9 Å². The van der Waals surface area contributed by atoms with Gasteiger partial charge in [-0.3, -0.25) is 9.69 Å². The molecule has 0 bridgehead atoms. The van der Waals surface area contributed by atoms with Gasteiger partial charge < -0.3 is 15.0 Å². The molecule has 0 aromatic heterocycles. The third kappa shape index (κ3) is 5.91. The van der Waals surface area contributed by atoms with E-state index in [-0.39, 0.29) is 10.8 Å². The van der Waals surface area contributed by atoms with Crippen LogP contribution in [-0.2, 0) is 14.8 Å². The predicted octanol–water partition coefficient (Wildman–Crippen LogP) is 1.04. The van der Waals surface area contributed by atoms with Gasteiger partial charge in [0.15, 0.2) is 0 Å². The molecule has 0 radical (unpaired) electrons. The summed E-state index contributed by atoms with van der Waals surface area (Å²) in [5.74, 6) is -0.252. The summed E-state index contributed by atoms with van der Waals surface area (Å²) in [7, 11) is -3.68. The fourth-order valence-electron chi connectivity index (χ4n) is 3.66. The van der Waals surface area contributed by atoms with E-state index in [0.29, 0.717) is 30.8 Å². The van der Waals surface area contributed by atoms with E-state index in [4.69, 9.17) is 4.74 Å². The number of morpholine rings is 1. The largest absolute Gasteiger partial charge is 0.379 e. The van der Waals surface area contributed by atoms with Crippen LogP contribution in [0.1, 0.15) is 36.5 Å². The summed E-state index contributed by atoms with van der Waals surface area (Å²) < 4.78 is 33.7. The Labute approximate surface area is 173 Å². The predicted molar refractivity (Wildman–Crippen MR) is 113 cm³/mol. The van der Waals surface area contributed by atoms with Gasteiger partial charge in [0.1, 0.15) is 4.90 Å². The van der Waals surface area contributed by atoms with Crippen molar-refractivity contribution in [3.8, 4) is 0 Å². The van der Waals surface area contributed by atoms with Crippen LogP contribution in [0.2, 0.25) is 0 Å². The number of rotatable bonds is 9. The van der Waals surface area contributed by atoms with Crippen LogP contribution >= 0.6 is 0 Å². The molecule has 9 heteroatoms. The summed E-state index contributed by atoms with van der Waals surface area (Å²) in [5.41, 5.74) is 1.04. The van der Waals surface area contributed by atoms with Crippen molar-refractivity contribution in [3.63, 3.8) is 0 Å². The second kappa shape index (κ2) is 10.4.